The van der Waals surface area contributed by atoms with Crippen molar-refractivity contribution in [2.75, 3.05) is 19.8 Å². The number of allylic oxidation sites excluding steroid dienone is 20. The van der Waals surface area contributed by atoms with Crippen LogP contribution in [0.4, 0.5) is 0 Å². The van der Waals surface area contributed by atoms with E-state index in [2.05, 4.69) is 142 Å². The normalized spacial score (nSPS) is 13.2. The van der Waals surface area contributed by atoms with Crippen LogP contribution in [0.5, 0.6) is 0 Å². The average Bonchev–Trinajstić information content (AvgIpc) is 3.32. The lowest BCUT2D eigenvalue weighted by atomic mass is 10.1. The Bertz CT molecular complexity index is 1350. The predicted octanol–water partition coefficient (Wildman–Crippen LogP) is 18.6. The summed E-state index contributed by atoms with van der Waals surface area (Å²) in [6, 6.07) is 0. The second kappa shape index (κ2) is 55.6. The molecule has 0 aliphatic carbocycles. The molecule has 0 saturated carbocycles. The molecule has 0 fully saturated rings. The number of hydrogen-bond donors (Lipinski definition) is 0. The van der Waals surface area contributed by atoms with Gasteiger partial charge in [0.1, 0.15) is 6.61 Å². The summed E-state index contributed by atoms with van der Waals surface area (Å²) in [7, 11) is 0. The Balaban J connectivity index is 4.39. The minimum Gasteiger partial charge on any atom is -0.462 e. The summed E-state index contributed by atoms with van der Waals surface area (Å²) in [6.07, 6.45) is 77.9. The molecule has 374 valence electrons. The van der Waals surface area contributed by atoms with Gasteiger partial charge in [0.05, 0.1) is 6.61 Å². The highest BCUT2D eigenvalue weighted by atomic mass is 16.6. The van der Waals surface area contributed by atoms with Gasteiger partial charge in [0, 0.05) is 19.4 Å². The summed E-state index contributed by atoms with van der Waals surface area (Å²) in [6.45, 7) is 7.41. The van der Waals surface area contributed by atoms with Crippen LogP contribution >= 0.6 is 0 Å². The van der Waals surface area contributed by atoms with Crippen molar-refractivity contribution in [2.24, 2.45) is 0 Å². The molecule has 0 aromatic carbocycles. The summed E-state index contributed by atoms with van der Waals surface area (Å²) < 4.78 is 17.3. The molecule has 0 aliphatic rings. The molecule has 0 amide bonds. The van der Waals surface area contributed by atoms with E-state index in [0.717, 1.165) is 122 Å². The fraction of sp³-hybridized carbons (Fsp3) is 0.639. The van der Waals surface area contributed by atoms with Crippen LogP contribution < -0.4 is 0 Å². The van der Waals surface area contributed by atoms with E-state index in [1.807, 2.05) is 0 Å². The number of ether oxygens (including phenoxy) is 3. The maximum Gasteiger partial charge on any atom is 0.306 e. The lowest BCUT2D eigenvalue weighted by molar-refractivity contribution is -0.163. The molecule has 66 heavy (non-hydrogen) atoms. The first-order valence-electron chi connectivity index (χ1n) is 27.1. The molecular formula is C61H100O5. The highest BCUT2D eigenvalue weighted by Gasteiger charge is 2.17. The van der Waals surface area contributed by atoms with E-state index >= 15 is 0 Å². The van der Waals surface area contributed by atoms with E-state index in [9.17, 15) is 9.59 Å². The minimum atomic E-state index is -0.583. The van der Waals surface area contributed by atoms with E-state index in [4.69, 9.17) is 14.2 Å². The Kier molecular flexibility index (Phi) is 52.5. The average molecular weight is 913 g/mol. The zero-order chi connectivity index (χ0) is 47.7. The fourth-order valence-corrected chi connectivity index (χ4v) is 7.01. The maximum absolute atomic E-state index is 12.8. The first kappa shape index (κ1) is 62.3. The van der Waals surface area contributed by atoms with Crippen LogP contribution in [0.15, 0.2) is 122 Å². The number of esters is 2. The highest BCUT2D eigenvalue weighted by Crippen LogP contribution is 2.13. The van der Waals surface area contributed by atoms with E-state index in [-0.39, 0.29) is 25.2 Å². The zero-order valence-corrected chi connectivity index (χ0v) is 42.9. The molecule has 1 unspecified atom stereocenters. The summed E-state index contributed by atoms with van der Waals surface area (Å²) >= 11 is 0. The van der Waals surface area contributed by atoms with Crippen LogP contribution in [0, 0.1) is 0 Å². The summed E-state index contributed by atoms with van der Waals surface area (Å²) in [4.78, 5) is 25.5. The van der Waals surface area contributed by atoms with Crippen LogP contribution in [-0.4, -0.2) is 37.9 Å². The third-order valence-electron chi connectivity index (χ3n) is 11.0. The van der Waals surface area contributed by atoms with Gasteiger partial charge >= 0.3 is 11.9 Å². The Morgan fingerprint density at radius 3 is 1.09 bits per heavy atom. The van der Waals surface area contributed by atoms with Crippen molar-refractivity contribution in [1.29, 1.82) is 0 Å². The van der Waals surface area contributed by atoms with Crippen molar-refractivity contribution in [1.82, 2.24) is 0 Å². The monoisotopic (exact) mass is 913 g/mol. The molecule has 0 rings (SSSR count). The standard InChI is InChI=1S/C61H100O5/c1-4-7-10-13-16-19-22-25-28-30-31-33-34-36-39-42-45-48-51-54-60(62)65-58-59(57-64-56-53-50-47-44-41-38-27-24-21-18-15-12-9-6-3)66-61(63)55-52-49-46-43-40-37-35-32-29-26-23-20-17-14-11-8-5-2/h7,9-10,12,16-21,25-29,31,33,38,44,47,59H,4-6,8,11,13-15,22-24,30,32,34-37,39-43,45-46,48-58H2,1-3H3/b10-7-,12-9-,19-16-,20-17-,21-18-,28-25-,29-26-,33-31-,38-27-,47-44-. The molecule has 0 saturated heterocycles. The number of carbonyl (C=O) groups excluding carboxylic acids is 2. The molecule has 0 aromatic heterocycles. The molecule has 0 N–H and O–H groups in total. The first-order chi connectivity index (χ1) is 32.6. The Hall–Kier alpha value is -3.70. The molecular weight excluding hydrogens is 813 g/mol. The number of unbranched alkanes of at least 4 members (excludes halogenated alkanes) is 17. The van der Waals surface area contributed by atoms with E-state index in [0.29, 0.717) is 19.4 Å². The summed E-state index contributed by atoms with van der Waals surface area (Å²) in [5, 5.41) is 0. The number of rotatable bonds is 48. The highest BCUT2D eigenvalue weighted by molar-refractivity contribution is 5.70. The van der Waals surface area contributed by atoms with Crippen LogP contribution in [0.1, 0.15) is 226 Å². The van der Waals surface area contributed by atoms with Gasteiger partial charge in [-0.15, -0.1) is 0 Å². The largest absolute Gasteiger partial charge is 0.462 e. The summed E-state index contributed by atoms with van der Waals surface area (Å²) in [5.41, 5.74) is 0. The van der Waals surface area contributed by atoms with Gasteiger partial charge in [-0.3, -0.25) is 9.59 Å². The van der Waals surface area contributed by atoms with Gasteiger partial charge in [-0.2, -0.15) is 0 Å². The van der Waals surface area contributed by atoms with Gasteiger partial charge in [0.15, 0.2) is 6.10 Å². The van der Waals surface area contributed by atoms with Gasteiger partial charge in [-0.25, -0.2) is 0 Å². The molecule has 5 nitrogen and oxygen atoms in total. The molecule has 0 spiro atoms. The van der Waals surface area contributed by atoms with E-state index in [1.54, 1.807) is 0 Å². The Morgan fingerprint density at radius 1 is 0.348 bits per heavy atom. The second-order valence-electron chi connectivity index (χ2n) is 17.4. The molecule has 0 aromatic rings. The van der Waals surface area contributed by atoms with Crippen molar-refractivity contribution in [3.05, 3.63) is 122 Å². The summed E-state index contributed by atoms with van der Waals surface area (Å²) in [5.74, 6) is -0.458. The van der Waals surface area contributed by atoms with Crippen molar-refractivity contribution in [3.63, 3.8) is 0 Å². The van der Waals surface area contributed by atoms with E-state index < -0.39 is 6.10 Å². The maximum atomic E-state index is 12.8. The van der Waals surface area contributed by atoms with Gasteiger partial charge in [-0.1, -0.05) is 213 Å². The minimum absolute atomic E-state index is 0.0453. The van der Waals surface area contributed by atoms with Gasteiger partial charge < -0.3 is 14.2 Å². The lowest BCUT2D eigenvalue weighted by Crippen LogP contribution is -2.30. The second-order valence-corrected chi connectivity index (χ2v) is 17.4. The lowest BCUT2D eigenvalue weighted by Gasteiger charge is -2.18. The molecule has 0 radical (unpaired) electrons. The van der Waals surface area contributed by atoms with Crippen molar-refractivity contribution < 1.29 is 23.8 Å². The Morgan fingerprint density at radius 2 is 0.682 bits per heavy atom. The number of carbonyl (C=O) groups is 2. The molecule has 0 bridgehead atoms. The van der Waals surface area contributed by atoms with Crippen LogP contribution in [0.2, 0.25) is 0 Å². The van der Waals surface area contributed by atoms with Crippen LogP contribution in [-0.2, 0) is 23.8 Å². The first-order valence-corrected chi connectivity index (χ1v) is 27.1. The SMILES string of the molecule is CC/C=C\C/C=C\C/C=C\C/C=C\CCCCCCCCC(=O)OCC(COCCC/C=C\C/C=C\C/C=C\C/C=C\CC)OC(=O)CCCCCCCCC/C=C\C/C=C\CCCCC. The van der Waals surface area contributed by atoms with Gasteiger partial charge in [0.2, 0.25) is 0 Å². The molecule has 5 heteroatoms. The molecule has 0 heterocycles. The number of hydrogen-bond acceptors (Lipinski definition) is 5. The molecule has 0 aliphatic heterocycles. The smallest absolute Gasteiger partial charge is 0.306 e. The third-order valence-corrected chi connectivity index (χ3v) is 11.0. The molecule has 1 atom stereocenters. The van der Waals surface area contributed by atoms with Crippen LogP contribution in [0.3, 0.4) is 0 Å². The van der Waals surface area contributed by atoms with Gasteiger partial charge in [0.25, 0.3) is 0 Å². The zero-order valence-electron chi connectivity index (χ0n) is 42.9. The van der Waals surface area contributed by atoms with E-state index in [1.165, 1.54) is 70.6 Å². The Labute approximate surface area is 407 Å². The van der Waals surface area contributed by atoms with Crippen molar-refractivity contribution >= 4 is 11.9 Å². The topological polar surface area (TPSA) is 61.8 Å². The van der Waals surface area contributed by atoms with Crippen molar-refractivity contribution in [3.8, 4) is 0 Å². The quantitative estimate of drug-likeness (QED) is 0.0346. The fourth-order valence-electron chi connectivity index (χ4n) is 7.01. The third kappa shape index (κ3) is 52.9. The predicted molar refractivity (Wildman–Crippen MR) is 288 cm³/mol. The van der Waals surface area contributed by atoms with Gasteiger partial charge in [-0.05, 0) is 122 Å². The van der Waals surface area contributed by atoms with Crippen molar-refractivity contribution in [2.45, 2.75) is 232 Å². The van der Waals surface area contributed by atoms with Crippen LogP contribution in [0.25, 0.3) is 0 Å².